The number of hydrogen-bond acceptors (Lipinski definition) is 8. The van der Waals surface area contributed by atoms with E-state index < -0.39 is 0 Å². The van der Waals surface area contributed by atoms with Gasteiger partial charge in [0.05, 0.1) is 19.9 Å². The summed E-state index contributed by atoms with van der Waals surface area (Å²) in [4.78, 5) is 11.4. The largest absolute Gasteiger partial charge is 0.495 e. The number of thioether (sulfide) groups is 1. The van der Waals surface area contributed by atoms with Crippen molar-refractivity contribution in [1.29, 1.82) is 0 Å². The Morgan fingerprint density at radius 3 is 2.82 bits per heavy atom. The van der Waals surface area contributed by atoms with Crippen LogP contribution in [0.4, 0.5) is 10.8 Å². The molecule has 1 N–H and O–H groups in total. The second-order valence-corrected chi connectivity index (χ2v) is 7.05. The highest BCUT2D eigenvalue weighted by Gasteiger charge is 2.17. The van der Waals surface area contributed by atoms with Crippen molar-refractivity contribution in [2.75, 3.05) is 19.5 Å². The Balaban J connectivity index is 2.09. The van der Waals surface area contributed by atoms with Crippen LogP contribution >= 0.6 is 23.1 Å². The van der Waals surface area contributed by atoms with E-state index in [1.807, 2.05) is 25.1 Å². The quantitative estimate of drug-likeness (QED) is 0.639. The monoisotopic (exact) mass is 339 g/mol. The van der Waals surface area contributed by atoms with Gasteiger partial charge in [0.15, 0.2) is 4.34 Å². The number of carbonyl (C=O) groups excluding carboxylic acids is 1. The number of nitrogens with one attached hydrogen (secondary N) is 1. The predicted molar refractivity (Wildman–Crippen MR) is 88.3 cm³/mol. The third-order valence-electron chi connectivity index (χ3n) is 2.81. The molecule has 0 spiro atoms. The van der Waals surface area contributed by atoms with Crippen LogP contribution in [-0.4, -0.2) is 35.6 Å². The van der Waals surface area contributed by atoms with E-state index in [1.165, 1.54) is 30.2 Å². The molecule has 0 aliphatic rings. The first-order valence-electron chi connectivity index (χ1n) is 6.53. The molecule has 1 atom stereocenters. The Morgan fingerprint density at radius 1 is 1.36 bits per heavy atom. The minimum absolute atomic E-state index is 0.282. The zero-order valence-electron chi connectivity index (χ0n) is 12.7. The lowest BCUT2D eigenvalue weighted by molar-refractivity contribution is -0.139. The lowest BCUT2D eigenvalue weighted by Crippen LogP contribution is -2.14. The summed E-state index contributed by atoms with van der Waals surface area (Å²) in [6, 6.07) is 5.85. The number of anilines is 2. The third kappa shape index (κ3) is 4.11. The first kappa shape index (κ1) is 16.6. The summed E-state index contributed by atoms with van der Waals surface area (Å²) in [6.45, 7) is 3.78. The summed E-state index contributed by atoms with van der Waals surface area (Å²) in [6.07, 6.45) is 0. The highest BCUT2D eigenvalue weighted by atomic mass is 32.2. The summed E-state index contributed by atoms with van der Waals surface area (Å²) in [5.74, 6) is 0.452. The van der Waals surface area contributed by atoms with Crippen molar-refractivity contribution in [1.82, 2.24) is 10.2 Å². The molecule has 0 amide bonds. The first-order valence-corrected chi connectivity index (χ1v) is 8.22. The van der Waals surface area contributed by atoms with Crippen molar-refractivity contribution in [3.8, 4) is 5.75 Å². The minimum Gasteiger partial charge on any atom is -0.495 e. The molecule has 1 aromatic heterocycles. The maximum Gasteiger partial charge on any atom is 0.318 e. The molecule has 0 aliphatic carbocycles. The van der Waals surface area contributed by atoms with Gasteiger partial charge < -0.3 is 14.8 Å². The average Bonchev–Trinajstić information content (AvgIpc) is 2.93. The number of hydrogen-bond donors (Lipinski definition) is 1. The molecular weight excluding hydrogens is 322 g/mol. The molecule has 8 heteroatoms. The van der Waals surface area contributed by atoms with Gasteiger partial charge in [-0.3, -0.25) is 4.79 Å². The Hall–Kier alpha value is -1.80. The number of rotatable bonds is 6. The smallest absolute Gasteiger partial charge is 0.318 e. The number of esters is 1. The topological polar surface area (TPSA) is 73.3 Å². The van der Waals surface area contributed by atoms with Crippen molar-refractivity contribution >= 4 is 39.9 Å². The van der Waals surface area contributed by atoms with E-state index in [1.54, 1.807) is 14.0 Å². The molecule has 0 aliphatic heterocycles. The Labute approximate surface area is 137 Å². The van der Waals surface area contributed by atoms with Crippen molar-refractivity contribution in [3.63, 3.8) is 0 Å². The maximum atomic E-state index is 11.4. The van der Waals surface area contributed by atoms with Crippen LogP contribution in [-0.2, 0) is 9.53 Å². The van der Waals surface area contributed by atoms with E-state index in [9.17, 15) is 4.79 Å². The molecule has 0 unspecified atom stereocenters. The van der Waals surface area contributed by atoms with Gasteiger partial charge in [0.1, 0.15) is 11.0 Å². The van der Waals surface area contributed by atoms with Crippen LogP contribution in [0.2, 0.25) is 0 Å². The summed E-state index contributed by atoms with van der Waals surface area (Å²) in [5.41, 5.74) is 1.94. The normalized spacial score (nSPS) is 11.8. The first-order chi connectivity index (χ1) is 10.5. The van der Waals surface area contributed by atoms with Crippen LogP contribution in [0.3, 0.4) is 0 Å². The lowest BCUT2D eigenvalue weighted by Gasteiger charge is -2.09. The number of aryl methyl sites for hydroxylation is 1. The van der Waals surface area contributed by atoms with Crippen LogP contribution in [0.15, 0.2) is 22.5 Å². The number of ether oxygens (including phenoxy) is 2. The van der Waals surface area contributed by atoms with Crippen molar-refractivity contribution in [3.05, 3.63) is 23.8 Å². The third-order valence-corrected chi connectivity index (χ3v) is 4.82. The van der Waals surface area contributed by atoms with Crippen molar-refractivity contribution in [2.24, 2.45) is 0 Å². The van der Waals surface area contributed by atoms with Gasteiger partial charge >= 0.3 is 5.97 Å². The average molecular weight is 339 g/mol. The molecule has 118 valence electrons. The summed E-state index contributed by atoms with van der Waals surface area (Å²) >= 11 is 2.70. The van der Waals surface area contributed by atoms with E-state index in [-0.39, 0.29) is 11.2 Å². The van der Waals surface area contributed by atoms with E-state index in [4.69, 9.17) is 9.47 Å². The molecule has 0 saturated heterocycles. The van der Waals surface area contributed by atoms with Gasteiger partial charge in [-0.2, -0.15) is 0 Å². The molecule has 2 aromatic rings. The highest BCUT2D eigenvalue weighted by molar-refractivity contribution is 8.02. The fourth-order valence-corrected chi connectivity index (χ4v) is 3.64. The van der Waals surface area contributed by atoms with Gasteiger partial charge in [-0.05, 0) is 31.5 Å². The van der Waals surface area contributed by atoms with Gasteiger partial charge in [-0.15, -0.1) is 10.2 Å². The Morgan fingerprint density at radius 2 is 2.14 bits per heavy atom. The van der Waals surface area contributed by atoms with E-state index >= 15 is 0 Å². The summed E-state index contributed by atoms with van der Waals surface area (Å²) in [5, 5.41) is 11.7. The fraction of sp³-hybridized carbons (Fsp3) is 0.357. The molecule has 22 heavy (non-hydrogen) atoms. The Bertz CT molecular complexity index is 661. The zero-order valence-corrected chi connectivity index (χ0v) is 14.4. The van der Waals surface area contributed by atoms with Crippen LogP contribution in [0, 0.1) is 6.92 Å². The van der Waals surface area contributed by atoms with Gasteiger partial charge in [-0.1, -0.05) is 29.2 Å². The molecule has 6 nitrogen and oxygen atoms in total. The highest BCUT2D eigenvalue weighted by Crippen LogP contribution is 2.33. The Kier molecular flexibility index (Phi) is 5.62. The van der Waals surface area contributed by atoms with E-state index in [0.29, 0.717) is 9.47 Å². The summed E-state index contributed by atoms with van der Waals surface area (Å²) in [7, 11) is 2.99. The van der Waals surface area contributed by atoms with Gasteiger partial charge in [-0.25, -0.2) is 0 Å². The van der Waals surface area contributed by atoms with Crippen LogP contribution in [0.5, 0.6) is 5.75 Å². The predicted octanol–water partition coefficient (Wildman–Crippen LogP) is 3.25. The van der Waals surface area contributed by atoms with Crippen LogP contribution < -0.4 is 10.1 Å². The molecule has 1 heterocycles. The second-order valence-electron chi connectivity index (χ2n) is 4.49. The van der Waals surface area contributed by atoms with Gasteiger partial charge in [0.2, 0.25) is 5.13 Å². The molecule has 0 saturated carbocycles. The molecule has 2 rings (SSSR count). The lowest BCUT2D eigenvalue weighted by atomic mass is 10.2. The van der Waals surface area contributed by atoms with E-state index in [2.05, 4.69) is 15.5 Å². The SMILES string of the molecule is COC(=O)[C@H](C)Sc1nnc(Nc2cc(C)ccc2OC)s1. The van der Waals surface area contributed by atoms with Crippen LogP contribution in [0.1, 0.15) is 12.5 Å². The molecular formula is C14H17N3O3S2. The number of benzene rings is 1. The second kappa shape index (κ2) is 7.46. The molecule has 1 aromatic carbocycles. The fourth-order valence-electron chi connectivity index (χ4n) is 1.71. The number of aromatic nitrogens is 2. The standard InChI is InChI=1S/C14H17N3O3S2/c1-8-5-6-11(19-3)10(7-8)15-13-16-17-14(22-13)21-9(2)12(18)20-4/h5-7,9H,1-4H3,(H,15,16)/t9-/m0/s1. The maximum absolute atomic E-state index is 11.4. The van der Waals surface area contributed by atoms with Crippen molar-refractivity contribution < 1.29 is 14.3 Å². The zero-order chi connectivity index (χ0) is 16.1. The van der Waals surface area contributed by atoms with Crippen LogP contribution in [0.25, 0.3) is 0 Å². The van der Waals surface area contributed by atoms with E-state index in [0.717, 1.165) is 17.0 Å². The molecule has 0 bridgehead atoms. The molecule has 0 fully saturated rings. The van der Waals surface area contributed by atoms with Crippen molar-refractivity contribution in [2.45, 2.75) is 23.4 Å². The number of carbonyl (C=O) groups is 1. The molecule has 0 radical (unpaired) electrons. The number of nitrogens with zero attached hydrogens (tertiary/aromatic N) is 2. The van der Waals surface area contributed by atoms with Gasteiger partial charge in [0.25, 0.3) is 0 Å². The minimum atomic E-state index is -0.320. The number of methoxy groups -OCH3 is 2. The summed E-state index contributed by atoms with van der Waals surface area (Å²) < 4.78 is 10.7. The van der Waals surface area contributed by atoms with Gasteiger partial charge in [0, 0.05) is 0 Å².